The van der Waals surface area contributed by atoms with Gasteiger partial charge in [-0.3, -0.25) is 14.9 Å². The standard InChI is InChI=1S/C16H14N3O5/c1-23-14-8-7-12(13(20)9-18-17)15(19(21)22)16(14)24-10-11-5-3-2-4-6-11/h2-9,17H,10H2,1H3/q+1. The van der Waals surface area contributed by atoms with E-state index in [1.807, 2.05) is 18.2 Å². The van der Waals surface area contributed by atoms with Gasteiger partial charge in [0.1, 0.15) is 12.2 Å². The van der Waals surface area contributed by atoms with Gasteiger partial charge >= 0.3 is 11.9 Å². The monoisotopic (exact) mass is 328 g/mol. The van der Waals surface area contributed by atoms with E-state index in [-0.39, 0.29) is 23.7 Å². The number of Topliss-reactive ketones (excluding diaryl/α,β-unsaturated/α-hetero) is 1. The van der Waals surface area contributed by atoms with Crippen LogP contribution < -0.4 is 9.47 Å². The fraction of sp³-hybridized carbons (Fsp3) is 0.125. The lowest BCUT2D eigenvalue weighted by Crippen LogP contribution is -2.09. The van der Waals surface area contributed by atoms with Gasteiger partial charge in [0.2, 0.25) is 5.75 Å². The Balaban J connectivity index is 2.49. The highest BCUT2D eigenvalue weighted by atomic mass is 16.6. The molecule has 0 aliphatic carbocycles. The van der Waals surface area contributed by atoms with Crippen LogP contribution in [0.4, 0.5) is 5.69 Å². The van der Waals surface area contributed by atoms with Crippen LogP contribution in [-0.2, 0) is 6.61 Å². The Labute approximate surface area is 137 Å². The number of ether oxygens (including phenoxy) is 2. The number of benzene rings is 2. The number of hydrogen-bond acceptors (Lipinski definition) is 6. The second-order valence-corrected chi connectivity index (χ2v) is 4.65. The van der Waals surface area contributed by atoms with Crippen LogP contribution >= 0.6 is 0 Å². The van der Waals surface area contributed by atoms with Crippen molar-refractivity contribution in [1.82, 2.24) is 0 Å². The summed E-state index contributed by atoms with van der Waals surface area (Å²) in [6, 6.07) is 11.7. The summed E-state index contributed by atoms with van der Waals surface area (Å²) in [5.41, 5.74) is 6.77. The topological polar surface area (TPSA) is 117 Å². The molecular formula is C16H14N3O5+. The summed E-state index contributed by atoms with van der Waals surface area (Å²) in [6.07, 6.45) is 0.690. The van der Waals surface area contributed by atoms with E-state index < -0.39 is 16.4 Å². The van der Waals surface area contributed by atoms with E-state index in [9.17, 15) is 14.9 Å². The Morgan fingerprint density at radius 1 is 1.29 bits per heavy atom. The maximum Gasteiger partial charge on any atom is 0.377 e. The van der Waals surface area contributed by atoms with Crippen LogP contribution in [0.2, 0.25) is 0 Å². The fourth-order valence-corrected chi connectivity index (χ4v) is 2.09. The number of carbonyl (C=O) groups is 1. The lowest BCUT2D eigenvalue weighted by Gasteiger charge is -2.12. The van der Waals surface area contributed by atoms with Crippen LogP contribution in [-0.4, -0.2) is 28.8 Å². The lowest BCUT2D eigenvalue weighted by atomic mass is 10.1. The number of nitrogens with one attached hydrogen (secondary N) is 1. The van der Waals surface area contributed by atoms with E-state index in [1.54, 1.807) is 12.1 Å². The van der Waals surface area contributed by atoms with E-state index in [0.29, 0.717) is 6.21 Å². The summed E-state index contributed by atoms with van der Waals surface area (Å²) < 4.78 is 10.7. The summed E-state index contributed by atoms with van der Waals surface area (Å²) in [6.45, 7) is 0.0716. The summed E-state index contributed by atoms with van der Waals surface area (Å²) in [5.74, 6) is -0.767. The average Bonchev–Trinajstić information content (AvgIpc) is 2.59. The maximum absolute atomic E-state index is 11.9. The summed E-state index contributed by atoms with van der Waals surface area (Å²) in [4.78, 5) is 25.5. The van der Waals surface area contributed by atoms with Gasteiger partial charge in [0.15, 0.2) is 5.75 Å². The third-order valence-electron chi connectivity index (χ3n) is 3.17. The highest BCUT2D eigenvalue weighted by Crippen LogP contribution is 2.40. The van der Waals surface area contributed by atoms with Crippen molar-refractivity contribution in [3.8, 4) is 11.5 Å². The molecule has 0 atom stereocenters. The molecule has 0 bridgehead atoms. The van der Waals surface area contributed by atoms with E-state index >= 15 is 0 Å². The van der Waals surface area contributed by atoms with Crippen LogP contribution in [0, 0.1) is 15.6 Å². The molecule has 0 heterocycles. The van der Waals surface area contributed by atoms with Gasteiger partial charge in [-0.05, 0) is 17.7 Å². The predicted octanol–water partition coefficient (Wildman–Crippen LogP) is 2.68. The van der Waals surface area contributed by atoms with Gasteiger partial charge in [-0.2, -0.15) is 0 Å². The van der Waals surface area contributed by atoms with Gasteiger partial charge in [0.05, 0.1) is 22.4 Å². The molecule has 0 saturated carbocycles. The van der Waals surface area contributed by atoms with E-state index in [2.05, 4.69) is 4.79 Å². The molecule has 0 fully saturated rings. The van der Waals surface area contributed by atoms with Crippen LogP contribution in [0.3, 0.4) is 0 Å². The number of nitro groups is 1. The van der Waals surface area contributed by atoms with E-state index in [1.165, 1.54) is 19.2 Å². The SMILES string of the molecule is COc1ccc(C(=O)C=[N+]=N)c([N+](=O)[O-])c1OCc1ccccc1. The first-order chi connectivity index (χ1) is 11.6. The van der Waals surface area contributed by atoms with Crippen molar-refractivity contribution in [3.63, 3.8) is 0 Å². The van der Waals surface area contributed by atoms with Crippen molar-refractivity contribution in [1.29, 1.82) is 5.53 Å². The second-order valence-electron chi connectivity index (χ2n) is 4.65. The first-order valence-electron chi connectivity index (χ1n) is 6.84. The Bertz CT molecular complexity index is 814. The molecule has 24 heavy (non-hydrogen) atoms. The molecule has 0 radical (unpaired) electrons. The van der Waals surface area contributed by atoms with Gasteiger partial charge in [0, 0.05) is 0 Å². The van der Waals surface area contributed by atoms with Crippen LogP contribution in [0.1, 0.15) is 15.9 Å². The summed E-state index contributed by atoms with van der Waals surface area (Å²) in [7, 11) is 1.35. The molecule has 0 unspecified atom stereocenters. The predicted molar refractivity (Wildman–Crippen MR) is 83.8 cm³/mol. The highest BCUT2D eigenvalue weighted by Gasteiger charge is 2.30. The number of nitrogens with zero attached hydrogens (tertiary/aromatic N) is 2. The molecule has 8 nitrogen and oxygen atoms in total. The minimum Gasteiger partial charge on any atom is -0.493 e. The lowest BCUT2D eigenvalue weighted by molar-refractivity contribution is -0.386. The largest absolute Gasteiger partial charge is 0.493 e. The molecule has 122 valence electrons. The molecule has 0 spiro atoms. The third kappa shape index (κ3) is 3.63. The number of nitro benzene ring substituents is 1. The normalized spacial score (nSPS) is 9.71. The maximum atomic E-state index is 11.9. The van der Waals surface area contributed by atoms with Crippen molar-refractivity contribution >= 4 is 17.7 Å². The summed E-state index contributed by atoms with van der Waals surface area (Å²) in [5, 5.41) is 11.5. The molecule has 1 N–H and O–H groups in total. The minimum absolute atomic E-state index is 0.0716. The first-order valence-corrected chi connectivity index (χ1v) is 6.84. The van der Waals surface area contributed by atoms with Crippen LogP contribution in [0.25, 0.3) is 0 Å². The number of carbonyl (C=O) groups excluding carboxylic acids is 1. The van der Waals surface area contributed by atoms with Gasteiger partial charge in [-0.1, -0.05) is 30.3 Å². The Morgan fingerprint density at radius 3 is 2.58 bits per heavy atom. The van der Waals surface area contributed by atoms with Crippen molar-refractivity contribution in [2.24, 2.45) is 0 Å². The van der Waals surface area contributed by atoms with Gasteiger partial charge in [0.25, 0.3) is 5.78 Å². The first kappa shape index (κ1) is 16.9. The molecular weight excluding hydrogens is 314 g/mol. The number of hydrogen-bond donors (Lipinski definition) is 1. The molecule has 2 rings (SSSR count). The average molecular weight is 328 g/mol. The van der Waals surface area contributed by atoms with Gasteiger partial charge in [-0.15, -0.1) is 0 Å². The molecule has 8 heteroatoms. The summed E-state index contributed by atoms with van der Waals surface area (Å²) >= 11 is 0. The van der Waals surface area contributed by atoms with Crippen molar-refractivity contribution < 1.29 is 24.0 Å². The number of methoxy groups -OCH3 is 1. The molecule has 0 aliphatic rings. The zero-order valence-corrected chi connectivity index (χ0v) is 12.8. The molecule has 0 amide bonds. The molecule has 2 aromatic rings. The zero-order chi connectivity index (χ0) is 17.5. The molecule has 2 aromatic carbocycles. The molecule has 0 aliphatic heterocycles. The molecule has 0 aromatic heterocycles. The van der Waals surface area contributed by atoms with E-state index in [0.717, 1.165) is 5.56 Å². The Hall–Kier alpha value is -3.51. The van der Waals surface area contributed by atoms with Crippen LogP contribution in [0.15, 0.2) is 42.5 Å². The quantitative estimate of drug-likeness (QED) is 0.209. The van der Waals surface area contributed by atoms with Crippen molar-refractivity contribution in [2.75, 3.05) is 7.11 Å². The highest BCUT2D eigenvalue weighted by molar-refractivity contribution is 6.34. The van der Waals surface area contributed by atoms with Gasteiger partial charge < -0.3 is 9.47 Å². The third-order valence-corrected chi connectivity index (χ3v) is 3.17. The van der Waals surface area contributed by atoms with Crippen LogP contribution in [0.5, 0.6) is 11.5 Å². The van der Waals surface area contributed by atoms with Crippen molar-refractivity contribution in [2.45, 2.75) is 6.61 Å². The molecule has 0 saturated heterocycles. The fourth-order valence-electron chi connectivity index (χ4n) is 2.09. The van der Waals surface area contributed by atoms with Gasteiger partial charge in [-0.25, -0.2) is 0 Å². The Morgan fingerprint density at radius 2 is 2.00 bits per heavy atom. The second kappa shape index (κ2) is 7.66. The Kier molecular flexibility index (Phi) is 5.38. The zero-order valence-electron chi connectivity index (χ0n) is 12.8. The number of ketones is 1. The minimum atomic E-state index is -0.760. The smallest absolute Gasteiger partial charge is 0.377 e. The van der Waals surface area contributed by atoms with E-state index in [4.69, 9.17) is 15.0 Å². The number of rotatable bonds is 7. The van der Waals surface area contributed by atoms with Crippen molar-refractivity contribution in [3.05, 3.63) is 63.7 Å².